The molecule has 9 heteroatoms. The number of aliphatic hydroxyl groups excluding tert-OH is 1. The van der Waals surface area contributed by atoms with Crippen LogP contribution in [0.1, 0.15) is 77.1 Å². The van der Waals surface area contributed by atoms with Crippen LogP contribution >= 0.6 is 0 Å². The van der Waals surface area contributed by atoms with Crippen LogP contribution in [0, 0.1) is 5.92 Å². The average Bonchev–Trinajstić information content (AvgIpc) is 3.25. The smallest absolute Gasteiger partial charge is 0.248 e. The van der Waals surface area contributed by atoms with Gasteiger partial charge in [0.15, 0.2) is 0 Å². The molecule has 1 saturated heterocycles. The van der Waals surface area contributed by atoms with Gasteiger partial charge < -0.3 is 25.4 Å². The second kappa shape index (κ2) is 15.1. The molecule has 0 saturated carbocycles. The summed E-state index contributed by atoms with van der Waals surface area (Å²) in [6.45, 7) is 7.45. The zero-order chi connectivity index (χ0) is 24.9. The van der Waals surface area contributed by atoms with Gasteiger partial charge in [0.1, 0.15) is 12.6 Å². The summed E-state index contributed by atoms with van der Waals surface area (Å²) < 4.78 is 5.50. The maximum absolute atomic E-state index is 13.0. The first-order chi connectivity index (χ1) is 16.3. The molecule has 4 atom stereocenters. The molecular weight excluding hydrogens is 434 g/mol. The number of nitrogens with one attached hydrogen (secondary N) is 3. The lowest BCUT2D eigenvalue weighted by Gasteiger charge is -2.31. The van der Waals surface area contributed by atoms with Crippen molar-refractivity contribution in [3.63, 3.8) is 0 Å². The molecule has 1 aromatic rings. The molecule has 2 amide bonds. The fourth-order valence-corrected chi connectivity index (χ4v) is 4.25. The minimum absolute atomic E-state index is 0.0191. The fourth-order valence-electron chi connectivity index (χ4n) is 4.25. The second-order valence-electron chi connectivity index (χ2n) is 9.72. The molecule has 0 spiro atoms. The number of aromatic nitrogens is 2. The molecule has 0 bridgehead atoms. The summed E-state index contributed by atoms with van der Waals surface area (Å²) in [5.74, 6) is -0.121. The van der Waals surface area contributed by atoms with Crippen LogP contribution in [-0.4, -0.2) is 77.0 Å². The molecule has 34 heavy (non-hydrogen) atoms. The van der Waals surface area contributed by atoms with Gasteiger partial charge in [-0.2, -0.15) is 5.10 Å². The van der Waals surface area contributed by atoms with Crippen LogP contribution in [0.25, 0.3) is 0 Å². The Labute approximate surface area is 204 Å². The molecule has 1 fully saturated rings. The van der Waals surface area contributed by atoms with Crippen molar-refractivity contribution in [1.29, 1.82) is 0 Å². The van der Waals surface area contributed by atoms with Crippen molar-refractivity contribution in [2.45, 2.75) is 96.9 Å². The van der Waals surface area contributed by atoms with E-state index in [-0.39, 0.29) is 18.4 Å². The van der Waals surface area contributed by atoms with E-state index in [1.54, 1.807) is 14.0 Å². The number of H-pyrrole nitrogens is 1. The fraction of sp³-hybridized carbons (Fsp3) is 0.800. The summed E-state index contributed by atoms with van der Waals surface area (Å²) in [5, 5.41) is 24.6. The lowest BCUT2D eigenvalue weighted by Crippen LogP contribution is -2.54. The zero-order valence-corrected chi connectivity index (χ0v) is 21.4. The number of likely N-dealkylation sites (N-methyl/N-ethyl adjacent to an activating group) is 1. The predicted molar refractivity (Wildman–Crippen MR) is 132 cm³/mol. The van der Waals surface area contributed by atoms with Crippen molar-refractivity contribution >= 4 is 11.8 Å². The van der Waals surface area contributed by atoms with Crippen LogP contribution in [0.5, 0.6) is 0 Å². The molecule has 1 aliphatic rings. The van der Waals surface area contributed by atoms with Crippen molar-refractivity contribution in [3.05, 3.63) is 17.5 Å². The number of rotatable bonds is 7. The molecule has 0 aromatic carbocycles. The van der Waals surface area contributed by atoms with Gasteiger partial charge in [0.2, 0.25) is 11.8 Å². The predicted octanol–water partition coefficient (Wildman–Crippen LogP) is 2.15. The first kappa shape index (κ1) is 28.3. The highest BCUT2D eigenvalue weighted by atomic mass is 16.5. The summed E-state index contributed by atoms with van der Waals surface area (Å²) in [5.41, 5.74) is 2.01. The summed E-state index contributed by atoms with van der Waals surface area (Å²) in [6.07, 6.45) is 7.20. The number of carbonyl (C=O) groups excluding carboxylic acids is 2. The summed E-state index contributed by atoms with van der Waals surface area (Å²) in [6, 6.07) is 0.989. The summed E-state index contributed by atoms with van der Waals surface area (Å²) >= 11 is 0. The molecule has 9 nitrogen and oxygen atoms in total. The molecule has 2 heterocycles. The van der Waals surface area contributed by atoms with Crippen molar-refractivity contribution in [3.8, 4) is 0 Å². The number of ether oxygens (including phenoxy) is 1. The minimum Gasteiger partial charge on any atom is -0.390 e. The van der Waals surface area contributed by atoms with Crippen molar-refractivity contribution in [1.82, 2.24) is 25.7 Å². The van der Waals surface area contributed by atoms with E-state index in [1.165, 1.54) is 4.90 Å². The Hall–Kier alpha value is -1.97. The Bertz CT molecular complexity index is 741. The van der Waals surface area contributed by atoms with Crippen molar-refractivity contribution < 1.29 is 19.4 Å². The van der Waals surface area contributed by atoms with E-state index in [0.717, 1.165) is 56.3 Å². The van der Waals surface area contributed by atoms with Crippen LogP contribution in [0.4, 0.5) is 0 Å². The van der Waals surface area contributed by atoms with E-state index in [4.69, 9.17) is 4.74 Å². The van der Waals surface area contributed by atoms with Crippen molar-refractivity contribution in [2.24, 2.45) is 5.92 Å². The van der Waals surface area contributed by atoms with Crippen LogP contribution in [-0.2, 0) is 27.3 Å². The van der Waals surface area contributed by atoms with E-state index >= 15 is 0 Å². The molecule has 0 aliphatic carbocycles. The van der Waals surface area contributed by atoms with Gasteiger partial charge in [-0.15, -0.1) is 0 Å². The molecule has 1 aliphatic heterocycles. The van der Waals surface area contributed by atoms with Gasteiger partial charge in [-0.05, 0) is 38.2 Å². The van der Waals surface area contributed by atoms with Gasteiger partial charge in [-0.3, -0.25) is 14.7 Å². The van der Waals surface area contributed by atoms with E-state index in [0.29, 0.717) is 32.0 Å². The first-order valence-electron chi connectivity index (χ1n) is 12.9. The van der Waals surface area contributed by atoms with E-state index in [1.807, 2.05) is 6.07 Å². The Morgan fingerprint density at radius 3 is 2.79 bits per heavy atom. The third-order valence-electron chi connectivity index (χ3n) is 6.62. The number of hydrogen-bond acceptors (Lipinski definition) is 6. The van der Waals surface area contributed by atoms with Crippen LogP contribution < -0.4 is 10.6 Å². The molecular formula is C25H45N5O4. The van der Waals surface area contributed by atoms with Gasteiger partial charge >= 0.3 is 0 Å². The van der Waals surface area contributed by atoms with Gasteiger partial charge in [-0.1, -0.05) is 46.0 Å². The average molecular weight is 480 g/mol. The molecule has 0 unspecified atom stereocenters. The zero-order valence-electron chi connectivity index (χ0n) is 21.4. The van der Waals surface area contributed by atoms with Gasteiger partial charge in [0.25, 0.3) is 0 Å². The van der Waals surface area contributed by atoms with E-state index in [9.17, 15) is 14.7 Å². The lowest BCUT2D eigenvalue weighted by atomic mass is 9.92. The van der Waals surface area contributed by atoms with Crippen LogP contribution in [0.15, 0.2) is 6.07 Å². The normalized spacial score (nSPS) is 25.2. The molecule has 2 rings (SSSR count). The molecule has 0 radical (unpaired) electrons. The number of hydrogen-bond donors (Lipinski definition) is 4. The van der Waals surface area contributed by atoms with Gasteiger partial charge in [0.05, 0.1) is 17.8 Å². The van der Waals surface area contributed by atoms with Crippen LogP contribution in [0.2, 0.25) is 0 Å². The summed E-state index contributed by atoms with van der Waals surface area (Å²) in [4.78, 5) is 26.8. The van der Waals surface area contributed by atoms with E-state index in [2.05, 4.69) is 34.7 Å². The second-order valence-corrected chi connectivity index (χ2v) is 9.72. The monoisotopic (exact) mass is 479 g/mol. The number of amides is 2. The number of aliphatic hydroxyl groups is 1. The number of nitrogens with zero attached hydrogens (tertiary/aromatic N) is 2. The quantitative estimate of drug-likeness (QED) is 0.476. The Morgan fingerprint density at radius 1 is 1.26 bits per heavy atom. The topological polar surface area (TPSA) is 120 Å². The highest BCUT2D eigenvalue weighted by molar-refractivity contribution is 5.87. The standard InChI is InChI=1S/C25H45N5O4/c1-5-10-20-14-21(29-28-20)15-26-16-23(31)22-13-18(2)11-8-6-7-9-12-34-17-24(32)30(4)19(3)25(33)27-22/h14,18-19,22-23,26,31H,5-13,15-17H2,1-4H3,(H,27,33)(H,28,29)/t18-,19+,22+,23-/m1/s1. The Kier molecular flexibility index (Phi) is 12.6. The minimum atomic E-state index is -0.750. The maximum Gasteiger partial charge on any atom is 0.248 e. The number of carbonyl (C=O) groups is 2. The SMILES string of the molecule is CCCc1cc(CNC[C@@H](O)[C@@H]2C[C@H](C)CCCCCCOCC(=O)N(C)[C@@H](C)C(=O)N2)[nH]n1. The van der Waals surface area contributed by atoms with Crippen LogP contribution in [0.3, 0.4) is 0 Å². The Morgan fingerprint density at radius 2 is 2.03 bits per heavy atom. The highest BCUT2D eigenvalue weighted by Crippen LogP contribution is 2.18. The largest absolute Gasteiger partial charge is 0.390 e. The first-order valence-corrected chi connectivity index (χ1v) is 12.9. The molecule has 4 N–H and O–H groups in total. The Balaban J connectivity index is 1.99. The third-order valence-corrected chi connectivity index (χ3v) is 6.62. The molecule has 194 valence electrons. The maximum atomic E-state index is 13.0. The van der Waals surface area contributed by atoms with Gasteiger partial charge in [0, 0.05) is 32.4 Å². The third kappa shape index (κ3) is 9.72. The van der Waals surface area contributed by atoms with Gasteiger partial charge in [-0.25, -0.2) is 0 Å². The van der Waals surface area contributed by atoms with E-state index < -0.39 is 18.2 Å². The summed E-state index contributed by atoms with van der Waals surface area (Å²) in [7, 11) is 1.62. The number of aryl methyl sites for hydroxylation is 1. The lowest BCUT2D eigenvalue weighted by molar-refractivity contribution is -0.142. The van der Waals surface area contributed by atoms with Crippen molar-refractivity contribution in [2.75, 3.05) is 26.8 Å². The molecule has 1 aromatic heterocycles. The highest BCUT2D eigenvalue weighted by Gasteiger charge is 2.28. The number of aromatic amines is 1.